The van der Waals surface area contributed by atoms with E-state index >= 15 is 0 Å². The average molecular weight is 475 g/mol. The molecule has 0 radical (unpaired) electrons. The molecule has 1 aromatic rings. The van der Waals surface area contributed by atoms with Crippen molar-refractivity contribution in [1.82, 2.24) is 20.2 Å². The smallest absolute Gasteiger partial charge is 0.475 e. The topological polar surface area (TPSA) is 117 Å². The van der Waals surface area contributed by atoms with Gasteiger partial charge >= 0.3 is 12.1 Å². The predicted octanol–water partition coefficient (Wildman–Crippen LogP) is 0.542. The molecule has 2 saturated heterocycles. The number of nitrogens with zero attached hydrogens (tertiary/aromatic N) is 4. The van der Waals surface area contributed by atoms with Crippen LogP contribution in [0.2, 0.25) is 0 Å². The highest BCUT2D eigenvalue weighted by Gasteiger charge is 2.52. The van der Waals surface area contributed by atoms with Crippen LogP contribution >= 0.6 is 0 Å². The van der Waals surface area contributed by atoms with Crippen molar-refractivity contribution in [2.75, 3.05) is 57.9 Å². The maximum absolute atomic E-state index is 12.6. The third kappa shape index (κ3) is 6.98. The third-order valence-electron chi connectivity index (χ3n) is 5.61. The molecule has 1 saturated carbocycles. The largest absolute Gasteiger partial charge is 0.490 e. The number of hydrogen-bond acceptors (Lipinski definition) is 8. The van der Waals surface area contributed by atoms with Gasteiger partial charge in [0.05, 0.1) is 26.3 Å². The van der Waals surface area contributed by atoms with Crippen molar-refractivity contribution in [3.05, 3.63) is 18.5 Å². The molecule has 1 amide bonds. The summed E-state index contributed by atoms with van der Waals surface area (Å²) in [5.74, 6) is -1.24. The van der Waals surface area contributed by atoms with Gasteiger partial charge in [-0.15, -0.1) is 0 Å². The number of amides is 1. The van der Waals surface area contributed by atoms with Gasteiger partial charge in [0.2, 0.25) is 11.9 Å². The first-order chi connectivity index (χ1) is 15.6. The molecule has 13 heteroatoms. The maximum atomic E-state index is 12.6. The van der Waals surface area contributed by atoms with Crippen LogP contribution in [0.4, 0.5) is 19.1 Å². The lowest BCUT2D eigenvalue weighted by Gasteiger charge is -2.55. The van der Waals surface area contributed by atoms with E-state index in [-0.39, 0.29) is 17.6 Å². The Kier molecular flexibility index (Phi) is 8.08. The summed E-state index contributed by atoms with van der Waals surface area (Å²) in [5.41, 5.74) is -0.211. The number of carbonyl (C=O) groups is 2. The Morgan fingerprint density at radius 3 is 2.45 bits per heavy atom. The van der Waals surface area contributed by atoms with Crippen molar-refractivity contribution >= 4 is 17.8 Å². The Labute approximate surface area is 189 Å². The van der Waals surface area contributed by atoms with Crippen LogP contribution < -0.4 is 10.2 Å². The van der Waals surface area contributed by atoms with Crippen molar-refractivity contribution in [3.8, 4) is 0 Å². The molecule has 10 nitrogen and oxygen atoms in total. The van der Waals surface area contributed by atoms with Crippen LogP contribution in [0.25, 0.3) is 0 Å². The lowest BCUT2D eigenvalue weighted by molar-refractivity contribution is -0.192. The zero-order valence-corrected chi connectivity index (χ0v) is 18.3. The Bertz CT molecular complexity index is 803. The van der Waals surface area contributed by atoms with E-state index < -0.39 is 12.1 Å². The first kappa shape index (κ1) is 25.1. The summed E-state index contributed by atoms with van der Waals surface area (Å²) >= 11 is 0. The van der Waals surface area contributed by atoms with E-state index in [1.807, 2.05) is 6.07 Å². The lowest BCUT2D eigenvalue weighted by Crippen LogP contribution is -2.73. The first-order valence-corrected chi connectivity index (χ1v) is 10.6. The second kappa shape index (κ2) is 10.6. The third-order valence-corrected chi connectivity index (χ3v) is 5.61. The minimum atomic E-state index is -5.08. The van der Waals surface area contributed by atoms with Crippen LogP contribution in [-0.2, 0) is 19.1 Å². The summed E-state index contributed by atoms with van der Waals surface area (Å²) in [6, 6.07) is 1.61. The summed E-state index contributed by atoms with van der Waals surface area (Å²) in [6.45, 7) is 4.82. The minimum Gasteiger partial charge on any atom is -0.475 e. The summed E-state index contributed by atoms with van der Waals surface area (Å²) in [5, 5.41) is 10.1. The van der Waals surface area contributed by atoms with Gasteiger partial charge in [-0.2, -0.15) is 13.2 Å². The number of ether oxygens (including phenoxy) is 2. The number of rotatable bonds is 7. The van der Waals surface area contributed by atoms with Gasteiger partial charge in [0.15, 0.2) is 0 Å². The number of aliphatic carboxylic acids is 1. The van der Waals surface area contributed by atoms with E-state index in [0.717, 1.165) is 38.0 Å². The van der Waals surface area contributed by atoms with E-state index in [0.29, 0.717) is 19.8 Å². The minimum absolute atomic E-state index is 0.0418. The zero-order chi connectivity index (χ0) is 24.1. The second-order valence-electron chi connectivity index (χ2n) is 8.37. The molecule has 184 valence electrons. The molecular weight excluding hydrogens is 447 g/mol. The van der Waals surface area contributed by atoms with Crippen molar-refractivity contribution in [2.24, 2.45) is 5.92 Å². The monoisotopic (exact) mass is 475 g/mol. The summed E-state index contributed by atoms with van der Waals surface area (Å²) in [7, 11) is 1.64. The second-order valence-corrected chi connectivity index (χ2v) is 8.37. The standard InChI is InChI=1S/C18H27N5O3.C2HF3O2/c1-25-8-7-19-16(24)15-10-26-18(11-22(15)9-14-3-4-14)12-23(13-18)17-20-5-2-6-21-17;3-2(4,5)1(6)7/h2,5-6,14-15H,3-4,7-13H2,1H3,(H,19,24);(H,6,7). The fraction of sp³-hybridized carbons (Fsp3) is 0.700. The molecule has 1 atom stereocenters. The van der Waals surface area contributed by atoms with E-state index in [4.69, 9.17) is 19.4 Å². The number of alkyl halides is 3. The first-order valence-electron chi connectivity index (χ1n) is 10.6. The molecule has 1 unspecified atom stereocenters. The number of carbonyl (C=O) groups excluding carboxylic acids is 1. The number of morpholine rings is 1. The Morgan fingerprint density at radius 2 is 1.91 bits per heavy atom. The number of anilines is 1. The summed E-state index contributed by atoms with van der Waals surface area (Å²) in [6.07, 6.45) is 0.975. The molecule has 1 aliphatic carbocycles. The Hall–Kier alpha value is -2.51. The molecule has 3 aliphatic rings. The van der Waals surface area contributed by atoms with Gasteiger partial charge in [-0.1, -0.05) is 0 Å². The van der Waals surface area contributed by atoms with E-state index in [1.54, 1.807) is 19.5 Å². The molecule has 4 rings (SSSR count). The van der Waals surface area contributed by atoms with Gasteiger partial charge in [0.25, 0.3) is 0 Å². The van der Waals surface area contributed by atoms with Gasteiger partial charge in [-0.05, 0) is 24.8 Å². The highest BCUT2D eigenvalue weighted by molar-refractivity contribution is 5.82. The molecule has 2 N–H and O–H groups in total. The molecule has 1 aromatic heterocycles. The van der Waals surface area contributed by atoms with Crippen molar-refractivity contribution < 1.29 is 37.3 Å². The molecule has 33 heavy (non-hydrogen) atoms. The van der Waals surface area contributed by atoms with Gasteiger partial charge in [0.1, 0.15) is 11.6 Å². The highest BCUT2D eigenvalue weighted by Crippen LogP contribution is 2.36. The Morgan fingerprint density at radius 1 is 1.27 bits per heavy atom. The quantitative estimate of drug-likeness (QED) is 0.545. The fourth-order valence-electron chi connectivity index (χ4n) is 3.78. The summed E-state index contributed by atoms with van der Waals surface area (Å²) < 4.78 is 42.9. The number of methoxy groups -OCH3 is 1. The molecule has 3 heterocycles. The van der Waals surface area contributed by atoms with E-state index in [2.05, 4.69) is 25.1 Å². The molecule has 3 fully saturated rings. The lowest BCUT2D eigenvalue weighted by atomic mass is 9.90. The number of nitrogens with one attached hydrogen (secondary N) is 1. The maximum Gasteiger partial charge on any atom is 0.490 e. The average Bonchev–Trinajstić information content (AvgIpc) is 3.56. The van der Waals surface area contributed by atoms with E-state index in [1.165, 1.54) is 12.8 Å². The Balaban J connectivity index is 0.000000383. The molecule has 2 aliphatic heterocycles. The molecular formula is C20H28F3N5O5. The molecule has 0 bridgehead atoms. The van der Waals surface area contributed by atoms with Crippen LogP contribution in [0.1, 0.15) is 12.8 Å². The van der Waals surface area contributed by atoms with Gasteiger partial charge in [-0.25, -0.2) is 14.8 Å². The van der Waals surface area contributed by atoms with Gasteiger partial charge in [0, 0.05) is 39.1 Å². The van der Waals surface area contributed by atoms with Crippen LogP contribution in [0.15, 0.2) is 18.5 Å². The zero-order valence-electron chi connectivity index (χ0n) is 18.3. The SMILES string of the molecule is COCCNC(=O)C1COC2(CN(c3ncccn3)C2)CN1CC1CC1.O=C(O)C(F)(F)F. The van der Waals surface area contributed by atoms with Gasteiger partial charge in [-0.3, -0.25) is 9.69 Å². The van der Waals surface area contributed by atoms with Crippen LogP contribution in [0.3, 0.4) is 0 Å². The predicted molar refractivity (Wildman–Crippen MR) is 110 cm³/mol. The summed E-state index contributed by atoms with van der Waals surface area (Å²) in [4.78, 5) is 34.5. The molecule has 0 aromatic carbocycles. The van der Waals surface area contributed by atoms with Crippen molar-refractivity contribution in [1.29, 1.82) is 0 Å². The van der Waals surface area contributed by atoms with Gasteiger partial charge < -0.3 is 24.8 Å². The van der Waals surface area contributed by atoms with Crippen molar-refractivity contribution in [3.63, 3.8) is 0 Å². The normalized spacial score (nSPS) is 22.2. The van der Waals surface area contributed by atoms with Crippen LogP contribution in [0.5, 0.6) is 0 Å². The number of carboxylic acids is 1. The number of carboxylic acid groups (broad SMARTS) is 1. The fourth-order valence-corrected chi connectivity index (χ4v) is 3.78. The number of hydrogen-bond donors (Lipinski definition) is 2. The number of halogens is 3. The van der Waals surface area contributed by atoms with Crippen molar-refractivity contribution in [2.45, 2.75) is 30.7 Å². The molecule has 1 spiro atoms. The van der Waals surface area contributed by atoms with Crippen LogP contribution in [-0.4, -0.2) is 103 Å². The number of aromatic nitrogens is 2. The van der Waals surface area contributed by atoms with Crippen LogP contribution in [0, 0.1) is 5.92 Å². The highest BCUT2D eigenvalue weighted by atomic mass is 19.4. The van der Waals surface area contributed by atoms with E-state index in [9.17, 15) is 18.0 Å².